The predicted molar refractivity (Wildman–Crippen MR) is 47.6 cm³/mol. The molecule has 1 aromatic rings. The molecule has 0 aliphatic heterocycles. The van der Waals surface area contributed by atoms with Gasteiger partial charge in [0, 0.05) is 0 Å². The summed E-state index contributed by atoms with van der Waals surface area (Å²) in [5.41, 5.74) is 9.78. The lowest BCUT2D eigenvalue weighted by atomic mass is 10.1. The molecule has 1 aromatic carbocycles. The van der Waals surface area contributed by atoms with Crippen molar-refractivity contribution in [1.29, 1.82) is 0 Å². The molecule has 80 valence electrons. The van der Waals surface area contributed by atoms with E-state index < -0.39 is 28.4 Å². The highest BCUT2D eigenvalue weighted by Crippen LogP contribution is 2.23. The maximum Gasteiger partial charge on any atom is 0.324 e. The number of rotatable bonds is 3. The summed E-state index contributed by atoms with van der Waals surface area (Å²) in [6, 6.07) is 1.60. The van der Waals surface area contributed by atoms with Gasteiger partial charge in [-0.1, -0.05) is 0 Å². The van der Waals surface area contributed by atoms with Crippen LogP contribution in [0.1, 0.15) is 11.6 Å². The van der Waals surface area contributed by atoms with Crippen molar-refractivity contribution in [3.05, 3.63) is 34.5 Å². The molecule has 1 rings (SSSR count). The van der Waals surface area contributed by atoms with E-state index >= 15 is 0 Å². The molecule has 6 nitrogen and oxygen atoms in total. The van der Waals surface area contributed by atoms with E-state index in [1.807, 2.05) is 0 Å². The molecule has 0 bridgehead atoms. The number of primary amides is 1. The molecule has 1 amide bonds. The minimum atomic E-state index is -1.27. The van der Waals surface area contributed by atoms with Gasteiger partial charge < -0.3 is 11.5 Å². The molecule has 0 saturated carbocycles. The first-order valence-corrected chi connectivity index (χ1v) is 3.94. The summed E-state index contributed by atoms with van der Waals surface area (Å²) in [7, 11) is 0. The number of hydrogen-bond acceptors (Lipinski definition) is 3. The first-order valence-electron chi connectivity index (χ1n) is 3.94. The Labute approximate surface area is 83.8 Å². The second-order valence-corrected chi connectivity index (χ2v) is 2.86. The van der Waals surface area contributed by atoms with Crippen LogP contribution in [0.3, 0.4) is 0 Å². The number of halogens is 1. The van der Waals surface area contributed by atoms with E-state index in [0.717, 1.165) is 18.2 Å². The van der Waals surface area contributed by atoms with Gasteiger partial charge in [0.25, 0.3) is 4.92 Å². The number of amides is 1. The van der Waals surface area contributed by atoms with Crippen LogP contribution in [-0.4, -0.2) is 16.0 Å². The number of carbonyl (C=O) groups excluding carboxylic acids is 1. The molecular formula is C8H9FN3O3+. The van der Waals surface area contributed by atoms with Crippen molar-refractivity contribution in [2.24, 2.45) is 11.5 Å². The van der Waals surface area contributed by atoms with E-state index in [9.17, 15) is 14.1 Å². The lowest BCUT2D eigenvalue weighted by molar-refractivity contribution is -0.730. The Bertz CT molecular complexity index is 422. The summed E-state index contributed by atoms with van der Waals surface area (Å²) in [5, 5.41) is 8.66. The fraction of sp³-hybridized carbons (Fsp3) is 0.125. The van der Waals surface area contributed by atoms with Gasteiger partial charge in [-0.2, -0.15) is 0 Å². The van der Waals surface area contributed by atoms with Gasteiger partial charge in [0.2, 0.25) is 5.91 Å². The number of benzene rings is 1. The summed E-state index contributed by atoms with van der Waals surface area (Å²) < 4.78 is 12.7. The molecule has 0 heterocycles. The minimum Gasteiger partial charge on any atom is -0.368 e. The quantitative estimate of drug-likeness (QED) is 0.620. The van der Waals surface area contributed by atoms with E-state index in [0.29, 0.717) is 0 Å². The van der Waals surface area contributed by atoms with Crippen molar-refractivity contribution in [1.82, 2.24) is 0 Å². The summed E-state index contributed by atoms with van der Waals surface area (Å²) in [4.78, 5) is 20.8. The van der Waals surface area contributed by atoms with E-state index in [-0.39, 0.29) is 5.56 Å². The molecule has 0 aliphatic rings. The van der Waals surface area contributed by atoms with Crippen molar-refractivity contribution in [2.75, 3.05) is 0 Å². The van der Waals surface area contributed by atoms with Gasteiger partial charge in [0.05, 0.1) is 16.5 Å². The van der Waals surface area contributed by atoms with Crippen LogP contribution in [0.25, 0.3) is 0 Å². The van der Waals surface area contributed by atoms with Crippen LogP contribution in [0.15, 0.2) is 18.2 Å². The normalized spacial score (nSPS) is 12.1. The topological polar surface area (TPSA) is 109 Å². The maximum absolute atomic E-state index is 12.7. The first-order chi connectivity index (χ1) is 6.93. The third-order valence-corrected chi connectivity index (χ3v) is 1.84. The zero-order valence-corrected chi connectivity index (χ0v) is 7.55. The second-order valence-electron chi connectivity index (χ2n) is 2.86. The second kappa shape index (κ2) is 4.01. The Morgan fingerprint density at radius 3 is 2.60 bits per heavy atom. The number of hydrogen-bond donors (Lipinski definition) is 3. The first kappa shape index (κ1) is 11.1. The van der Waals surface area contributed by atoms with Crippen LogP contribution in [0.2, 0.25) is 0 Å². The molecular weight excluding hydrogens is 205 g/mol. The average molecular weight is 214 g/mol. The van der Waals surface area contributed by atoms with Gasteiger partial charge in [-0.3, -0.25) is 4.79 Å². The number of nitrogens with zero attached hydrogens (tertiary/aromatic N) is 1. The van der Waals surface area contributed by atoms with Crippen molar-refractivity contribution in [3.63, 3.8) is 0 Å². The zero-order chi connectivity index (χ0) is 11.6. The van der Waals surface area contributed by atoms with Gasteiger partial charge in [0.1, 0.15) is 11.9 Å². The molecule has 0 aromatic heterocycles. The predicted octanol–water partition coefficient (Wildman–Crippen LogP) is 0.110. The molecule has 1 atom stereocenters. The Hall–Kier alpha value is -2.02. The van der Waals surface area contributed by atoms with Gasteiger partial charge in [-0.25, -0.2) is 9.60 Å². The zero-order valence-electron chi connectivity index (χ0n) is 7.55. The highest BCUT2D eigenvalue weighted by atomic mass is 19.1. The summed E-state index contributed by atoms with van der Waals surface area (Å²) in [6.45, 7) is 0. The van der Waals surface area contributed by atoms with Gasteiger partial charge in [0.15, 0.2) is 0 Å². The summed E-state index contributed by atoms with van der Waals surface area (Å²) >= 11 is 0. The molecule has 0 aliphatic carbocycles. The minimum absolute atomic E-state index is 0.0404. The van der Waals surface area contributed by atoms with E-state index in [1.165, 1.54) is 0 Å². The fourth-order valence-corrected chi connectivity index (χ4v) is 1.10. The summed E-state index contributed by atoms with van der Waals surface area (Å²) in [5.74, 6) is -1.62. The molecule has 15 heavy (non-hydrogen) atoms. The lowest BCUT2D eigenvalue weighted by Crippen LogP contribution is -2.28. The SMILES string of the molecule is NC(=O)C(N)c1ccc(F)cc1[N+](=O)O. The van der Waals surface area contributed by atoms with Crippen molar-refractivity contribution in [3.8, 4) is 0 Å². The molecule has 1 unspecified atom stereocenters. The Kier molecular flexibility index (Phi) is 2.96. The highest BCUT2D eigenvalue weighted by Gasteiger charge is 2.26. The Morgan fingerprint density at radius 2 is 2.13 bits per heavy atom. The average Bonchev–Trinajstić information content (AvgIpc) is 2.16. The maximum atomic E-state index is 12.7. The van der Waals surface area contributed by atoms with Crippen LogP contribution in [0.5, 0.6) is 0 Å². The fourth-order valence-electron chi connectivity index (χ4n) is 1.10. The van der Waals surface area contributed by atoms with Gasteiger partial charge in [-0.15, -0.1) is 0 Å². The molecule has 7 heteroatoms. The van der Waals surface area contributed by atoms with Crippen LogP contribution < -0.4 is 11.5 Å². The van der Waals surface area contributed by atoms with E-state index in [4.69, 9.17) is 16.7 Å². The number of carbonyl (C=O) groups is 1. The molecule has 5 N–H and O–H groups in total. The monoisotopic (exact) mass is 214 g/mol. The molecule has 0 fully saturated rings. The van der Waals surface area contributed by atoms with Crippen molar-refractivity contribution >= 4 is 11.6 Å². The standard InChI is InChI=1S/C8H8FN3O3/c9-4-1-2-5(7(10)8(11)13)6(3-4)12(14)15/h1-3,7H,10H2,(H2-,11,13,14,15)/p+1. The van der Waals surface area contributed by atoms with Crippen LogP contribution in [0, 0.1) is 10.7 Å². The highest BCUT2D eigenvalue weighted by molar-refractivity contribution is 5.82. The smallest absolute Gasteiger partial charge is 0.324 e. The van der Waals surface area contributed by atoms with Crippen LogP contribution >= 0.6 is 0 Å². The number of nitrogens with two attached hydrogens (primary N) is 2. The Balaban J connectivity index is 3.28. The lowest BCUT2D eigenvalue weighted by Gasteiger charge is -2.06. The largest absolute Gasteiger partial charge is 0.368 e. The summed E-state index contributed by atoms with van der Waals surface area (Å²) in [6.07, 6.45) is 0. The van der Waals surface area contributed by atoms with Crippen LogP contribution in [0.4, 0.5) is 10.1 Å². The van der Waals surface area contributed by atoms with Crippen molar-refractivity contribution in [2.45, 2.75) is 6.04 Å². The molecule has 0 saturated heterocycles. The van der Waals surface area contributed by atoms with Crippen molar-refractivity contribution < 1.29 is 19.3 Å². The molecule has 0 spiro atoms. The van der Waals surface area contributed by atoms with E-state index in [2.05, 4.69) is 0 Å². The van der Waals surface area contributed by atoms with E-state index in [1.54, 1.807) is 0 Å². The van der Waals surface area contributed by atoms with Gasteiger partial charge in [-0.05, 0) is 12.1 Å². The molecule has 0 radical (unpaired) electrons. The van der Waals surface area contributed by atoms with Crippen LogP contribution in [-0.2, 0) is 4.79 Å². The third-order valence-electron chi connectivity index (χ3n) is 1.84. The van der Waals surface area contributed by atoms with Gasteiger partial charge >= 0.3 is 5.69 Å². The Morgan fingerprint density at radius 1 is 1.53 bits per heavy atom. The third kappa shape index (κ3) is 2.26.